The van der Waals surface area contributed by atoms with Crippen molar-refractivity contribution in [2.45, 2.75) is 0 Å². The minimum atomic E-state index is -0.525. The Kier molecular flexibility index (Phi) is 2.16. The molecule has 0 bridgehead atoms. The highest BCUT2D eigenvalue weighted by Crippen LogP contribution is 2.22. The number of nitrogens with one attached hydrogen (secondary N) is 1. The minimum Gasteiger partial charge on any atom is -0.506 e. The molecule has 0 fully saturated rings. The maximum atomic E-state index is 11.0. The molecule has 0 heterocycles. The summed E-state index contributed by atoms with van der Waals surface area (Å²) in [5, 5.41) is 9.10. The van der Waals surface area contributed by atoms with Crippen LogP contribution < -0.4 is 17.0 Å². The molecular weight excluding hydrogens is 158 g/mol. The largest absolute Gasteiger partial charge is 0.506 e. The van der Waals surface area contributed by atoms with Crippen molar-refractivity contribution in [3.8, 4) is 5.75 Å². The quantitative estimate of drug-likeness (QED) is 0.150. The highest BCUT2D eigenvalue weighted by molar-refractivity contribution is 5.99. The summed E-state index contributed by atoms with van der Waals surface area (Å²) in [6, 6.07) is 4.37. The molecule has 0 aliphatic carbocycles. The van der Waals surface area contributed by atoms with Gasteiger partial charge in [0.25, 0.3) is 5.91 Å². The Hall–Kier alpha value is -1.75. The van der Waals surface area contributed by atoms with E-state index < -0.39 is 5.91 Å². The van der Waals surface area contributed by atoms with Gasteiger partial charge in [-0.15, -0.1) is 0 Å². The summed E-state index contributed by atoms with van der Waals surface area (Å²) in [7, 11) is 0. The van der Waals surface area contributed by atoms with Gasteiger partial charge in [0, 0.05) is 0 Å². The van der Waals surface area contributed by atoms with Crippen LogP contribution in [0.4, 0.5) is 5.69 Å². The van der Waals surface area contributed by atoms with Gasteiger partial charge in [0.1, 0.15) is 5.75 Å². The second-order valence-electron chi connectivity index (χ2n) is 2.21. The lowest BCUT2D eigenvalue weighted by Gasteiger charge is -2.04. The van der Waals surface area contributed by atoms with Crippen LogP contribution in [0.1, 0.15) is 10.4 Å². The first kappa shape index (κ1) is 8.35. The van der Waals surface area contributed by atoms with Crippen LogP contribution in [0.15, 0.2) is 18.2 Å². The third-order valence-corrected chi connectivity index (χ3v) is 1.46. The number of phenols is 1. The van der Waals surface area contributed by atoms with E-state index in [1.54, 1.807) is 0 Å². The molecule has 1 aromatic rings. The third kappa shape index (κ3) is 1.30. The van der Waals surface area contributed by atoms with Crippen LogP contribution in [0.25, 0.3) is 0 Å². The zero-order valence-corrected chi connectivity index (χ0v) is 6.24. The van der Waals surface area contributed by atoms with Crippen molar-refractivity contribution in [3.63, 3.8) is 0 Å². The number of phenolic OH excluding ortho intramolecular Hbond substituents is 1. The summed E-state index contributed by atoms with van der Waals surface area (Å²) in [5.74, 6) is 4.23. The van der Waals surface area contributed by atoms with Crippen molar-refractivity contribution in [3.05, 3.63) is 23.8 Å². The second-order valence-corrected chi connectivity index (χ2v) is 2.21. The van der Waals surface area contributed by atoms with Gasteiger partial charge < -0.3 is 10.8 Å². The number of amides is 1. The summed E-state index contributed by atoms with van der Waals surface area (Å²) in [6.45, 7) is 0. The Bertz CT molecular complexity index is 312. The van der Waals surface area contributed by atoms with E-state index >= 15 is 0 Å². The van der Waals surface area contributed by atoms with E-state index in [2.05, 4.69) is 0 Å². The number of hydrogen-bond acceptors (Lipinski definition) is 4. The number of benzene rings is 1. The first-order valence-electron chi connectivity index (χ1n) is 3.25. The predicted octanol–water partition coefficient (Wildman–Crippen LogP) is -0.422. The van der Waals surface area contributed by atoms with Gasteiger partial charge in [-0.1, -0.05) is 6.07 Å². The van der Waals surface area contributed by atoms with E-state index in [-0.39, 0.29) is 17.0 Å². The molecule has 5 nitrogen and oxygen atoms in total. The van der Waals surface area contributed by atoms with Gasteiger partial charge in [0.2, 0.25) is 0 Å². The molecule has 1 rings (SSSR count). The van der Waals surface area contributed by atoms with Crippen molar-refractivity contribution >= 4 is 11.6 Å². The van der Waals surface area contributed by atoms with Crippen molar-refractivity contribution < 1.29 is 9.90 Å². The van der Waals surface area contributed by atoms with Crippen molar-refractivity contribution in [2.24, 2.45) is 5.84 Å². The molecule has 1 amide bonds. The van der Waals surface area contributed by atoms with Crippen molar-refractivity contribution in [1.82, 2.24) is 5.43 Å². The molecule has 12 heavy (non-hydrogen) atoms. The van der Waals surface area contributed by atoms with Crippen LogP contribution in [0.3, 0.4) is 0 Å². The average Bonchev–Trinajstić information content (AvgIpc) is 2.08. The lowest BCUT2D eigenvalue weighted by atomic mass is 10.1. The molecule has 0 saturated heterocycles. The molecule has 0 saturated carbocycles. The lowest BCUT2D eigenvalue weighted by molar-refractivity contribution is 0.0954. The molecule has 1 aromatic carbocycles. The van der Waals surface area contributed by atoms with Crippen molar-refractivity contribution in [2.75, 3.05) is 5.73 Å². The van der Waals surface area contributed by atoms with Gasteiger partial charge in [0.05, 0.1) is 11.3 Å². The molecule has 0 unspecified atom stereocenters. The summed E-state index contributed by atoms with van der Waals surface area (Å²) >= 11 is 0. The number of aromatic hydroxyl groups is 1. The Balaban J connectivity index is 3.16. The standard InChI is InChI=1S/C7H9N3O2/c8-6-4(7(12)10-9)2-1-3-5(6)11/h1-3,11H,8-9H2,(H,10,12). The smallest absolute Gasteiger partial charge is 0.267 e. The maximum Gasteiger partial charge on any atom is 0.267 e. The number of nitrogens with two attached hydrogens (primary N) is 2. The zero-order valence-electron chi connectivity index (χ0n) is 6.24. The number of para-hydroxylation sites is 1. The molecule has 6 N–H and O–H groups in total. The van der Waals surface area contributed by atoms with E-state index in [1.807, 2.05) is 5.43 Å². The van der Waals surface area contributed by atoms with Crippen molar-refractivity contribution in [1.29, 1.82) is 0 Å². The summed E-state index contributed by atoms with van der Waals surface area (Å²) < 4.78 is 0. The molecule has 0 aliphatic heterocycles. The number of carbonyl (C=O) groups excluding carboxylic acids is 1. The monoisotopic (exact) mass is 167 g/mol. The number of hydrogen-bond donors (Lipinski definition) is 4. The normalized spacial score (nSPS) is 9.42. The van der Waals surface area contributed by atoms with Gasteiger partial charge in [-0.05, 0) is 12.1 Å². The highest BCUT2D eigenvalue weighted by Gasteiger charge is 2.09. The summed E-state index contributed by atoms with van der Waals surface area (Å²) in [6.07, 6.45) is 0. The predicted molar refractivity (Wildman–Crippen MR) is 44.2 cm³/mol. The van der Waals surface area contributed by atoms with E-state index in [1.165, 1.54) is 18.2 Å². The number of anilines is 1. The Morgan fingerprint density at radius 3 is 2.75 bits per heavy atom. The van der Waals surface area contributed by atoms with E-state index in [9.17, 15) is 4.79 Å². The van der Waals surface area contributed by atoms with Crippen LogP contribution in [0.5, 0.6) is 5.75 Å². The average molecular weight is 167 g/mol. The van der Waals surface area contributed by atoms with Crippen LogP contribution in [-0.2, 0) is 0 Å². The zero-order chi connectivity index (χ0) is 9.14. The molecule has 0 aromatic heterocycles. The molecule has 0 radical (unpaired) electrons. The van der Waals surface area contributed by atoms with Crippen LogP contribution in [0.2, 0.25) is 0 Å². The van der Waals surface area contributed by atoms with Gasteiger partial charge in [-0.2, -0.15) is 0 Å². The number of hydrazine groups is 1. The fourth-order valence-electron chi connectivity index (χ4n) is 0.829. The maximum absolute atomic E-state index is 11.0. The van der Waals surface area contributed by atoms with Gasteiger partial charge in [-0.3, -0.25) is 10.2 Å². The first-order valence-corrected chi connectivity index (χ1v) is 3.25. The van der Waals surface area contributed by atoms with Gasteiger partial charge in [0.15, 0.2) is 0 Å². The second kappa shape index (κ2) is 3.10. The Morgan fingerprint density at radius 2 is 2.17 bits per heavy atom. The number of carbonyl (C=O) groups is 1. The summed E-state index contributed by atoms with van der Waals surface area (Å²) in [5.41, 5.74) is 7.50. The molecular formula is C7H9N3O2. The molecule has 64 valence electrons. The SMILES string of the molecule is NNC(=O)c1cccc(O)c1N. The number of nitrogen functional groups attached to an aromatic ring is 2. The van der Waals surface area contributed by atoms with Crippen LogP contribution in [-0.4, -0.2) is 11.0 Å². The third-order valence-electron chi connectivity index (χ3n) is 1.46. The molecule has 5 heteroatoms. The summed E-state index contributed by atoms with van der Waals surface area (Å²) in [4.78, 5) is 11.0. The van der Waals surface area contributed by atoms with Crippen LogP contribution in [0, 0.1) is 0 Å². The minimum absolute atomic E-state index is 0.0282. The van der Waals surface area contributed by atoms with Gasteiger partial charge >= 0.3 is 0 Å². The van der Waals surface area contributed by atoms with Crippen LogP contribution >= 0.6 is 0 Å². The molecule has 0 atom stereocenters. The fraction of sp³-hybridized carbons (Fsp3) is 0. The van der Waals surface area contributed by atoms with Gasteiger partial charge in [-0.25, -0.2) is 5.84 Å². The first-order chi connectivity index (χ1) is 5.66. The number of rotatable bonds is 1. The lowest BCUT2D eigenvalue weighted by Crippen LogP contribution is -2.30. The van der Waals surface area contributed by atoms with E-state index in [0.29, 0.717) is 0 Å². The molecule has 0 aliphatic rings. The Morgan fingerprint density at radius 1 is 1.50 bits per heavy atom. The topological polar surface area (TPSA) is 101 Å². The highest BCUT2D eigenvalue weighted by atomic mass is 16.3. The van der Waals surface area contributed by atoms with E-state index in [0.717, 1.165) is 0 Å². The van der Waals surface area contributed by atoms with E-state index in [4.69, 9.17) is 16.7 Å². The fourth-order valence-corrected chi connectivity index (χ4v) is 0.829. The Labute approximate surface area is 69.0 Å². The molecule has 0 spiro atoms.